The van der Waals surface area contributed by atoms with Gasteiger partial charge in [-0.05, 0) is 30.0 Å². The molecule has 0 heterocycles. The molecular formula is C18H22Cl2N2O4. The number of rotatable bonds is 6. The van der Waals surface area contributed by atoms with Crippen molar-refractivity contribution in [1.82, 2.24) is 10.6 Å². The monoisotopic (exact) mass is 400 g/mol. The largest absolute Gasteiger partial charge is 0.468 e. The van der Waals surface area contributed by atoms with Crippen LogP contribution in [0.25, 0.3) is 0 Å². The number of carbonyl (C=O) groups excluding carboxylic acids is 3. The first-order valence-corrected chi connectivity index (χ1v) is 9.26. The van der Waals surface area contributed by atoms with Gasteiger partial charge in [0.1, 0.15) is 6.54 Å². The lowest BCUT2D eigenvalue weighted by Crippen LogP contribution is -2.43. The minimum atomic E-state index is -0.739. The molecule has 8 heteroatoms. The minimum absolute atomic E-state index is 0.310. The Labute approximate surface area is 162 Å². The Balaban J connectivity index is 2.08. The van der Waals surface area contributed by atoms with Gasteiger partial charge in [0.25, 0.3) is 0 Å². The first-order chi connectivity index (χ1) is 12.4. The molecule has 0 bridgehead atoms. The van der Waals surface area contributed by atoms with Crippen LogP contribution in [0, 0.1) is 5.92 Å². The molecule has 6 nitrogen and oxygen atoms in total. The Kier molecular flexibility index (Phi) is 7.72. The highest BCUT2D eigenvalue weighted by atomic mass is 35.5. The van der Waals surface area contributed by atoms with Gasteiger partial charge in [0.05, 0.1) is 23.1 Å². The highest BCUT2D eigenvalue weighted by molar-refractivity contribution is 6.42. The summed E-state index contributed by atoms with van der Waals surface area (Å²) in [4.78, 5) is 35.6. The topological polar surface area (TPSA) is 84.5 Å². The number of benzene rings is 1. The number of esters is 1. The summed E-state index contributed by atoms with van der Waals surface area (Å²) in [5, 5.41) is 5.36. The molecule has 1 aliphatic rings. The van der Waals surface area contributed by atoms with Gasteiger partial charge in [0.15, 0.2) is 0 Å². The normalized spacial score (nSPS) is 15.3. The van der Waals surface area contributed by atoms with Gasteiger partial charge >= 0.3 is 12.0 Å². The number of hydrogen-bond acceptors (Lipinski definition) is 4. The van der Waals surface area contributed by atoms with Crippen LogP contribution in [-0.4, -0.2) is 31.6 Å². The Morgan fingerprint density at radius 2 is 1.88 bits per heavy atom. The molecule has 1 saturated carbocycles. The Morgan fingerprint density at radius 3 is 2.50 bits per heavy atom. The summed E-state index contributed by atoms with van der Waals surface area (Å²) in [5.41, 5.74) is 0.713. The van der Waals surface area contributed by atoms with Crippen molar-refractivity contribution < 1.29 is 19.1 Å². The number of carbonyl (C=O) groups is 3. The average Bonchev–Trinajstić information content (AvgIpc) is 3.13. The van der Waals surface area contributed by atoms with Crippen LogP contribution in [0.3, 0.4) is 0 Å². The van der Waals surface area contributed by atoms with E-state index in [0.717, 1.165) is 25.7 Å². The van der Waals surface area contributed by atoms with Crippen molar-refractivity contribution in [2.24, 2.45) is 5.92 Å². The molecule has 2 rings (SSSR count). The molecule has 1 aromatic rings. The lowest BCUT2D eigenvalue weighted by molar-refractivity contribution is -0.139. The number of amides is 3. The number of hydrogen-bond donors (Lipinski definition) is 2. The zero-order valence-electron chi connectivity index (χ0n) is 14.5. The van der Waals surface area contributed by atoms with Gasteiger partial charge in [-0.15, -0.1) is 0 Å². The van der Waals surface area contributed by atoms with Crippen molar-refractivity contribution in [2.75, 3.05) is 13.7 Å². The Hall–Kier alpha value is -1.79. The molecule has 1 atom stereocenters. The molecule has 0 unspecified atom stereocenters. The van der Waals surface area contributed by atoms with Crippen LogP contribution < -0.4 is 10.6 Å². The van der Waals surface area contributed by atoms with E-state index in [1.807, 2.05) is 0 Å². The smallest absolute Gasteiger partial charge is 0.325 e. The standard InChI is InChI=1S/C18H22Cl2N2O4/c1-26-16(23)10-21-18(25)22-17(24)13(8-11-4-2-3-5-11)12-6-7-14(19)15(20)9-12/h6-7,9,11,13H,2-5,8,10H2,1H3,(H2,21,22,24,25)/t13-/m1/s1. The number of halogens is 2. The molecule has 3 amide bonds. The molecule has 0 aromatic heterocycles. The molecule has 0 saturated heterocycles. The van der Waals surface area contributed by atoms with Crippen LogP contribution in [0.15, 0.2) is 18.2 Å². The quantitative estimate of drug-likeness (QED) is 0.713. The number of ether oxygens (including phenoxy) is 1. The first-order valence-electron chi connectivity index (χ1n) is 8.51. The second-order valence-corrected chi connectivity index (χ2v) is 7.17. The maximum Gasteiger partial charge on any atom is 0.325 e. The van der Waals surface area contributed by atoms with Gasteiger partial charge in [-0.2, -0.15) is 0 Å². The highest BCUT2D eigenvalue weighted by Gasteiger charge is 2.28. The van der Waals surface area contributed by atoms with E-state index >= 15 is 0 Å². The third kappa shape index (κ3) is 5.88. The lowest BCUT2D eigenvalue weighted by Gasteiger charge is -2.20. The Bertz CT molecular complexity index is 675. The highest BCUT2D eigenvalue weighted by Crippen LogP contribution is 2.36. The van der Waals surface area contributed by atoms with E-state index in [0.29, 0.717) is 27.9 Å². The van der Waals surface area contributed by atoms with Crippen LogP contribution in [0.1, 0.15) is 43.6 Å². The number of imide groups is 1. The molecule has 26 heavy (non-hydrogen) atoms. The Morgan fingerprint density at radius 1 is 1.19 bits per heavy atom. The van der Waals surface area contributed by atoms with Crippen molar-refractivity contribution in [3.8, 4) is 0 Å². The van der Waals surface area contributed by atoms with Crippen molar-refractivity contribution >= 4 is 41.1 Å². The summed E-state index contributed by atoms with van der Waals surface area (Å²) in [6.45, 7) is -0.310. The molecule has 0 radical (unpaired) electrons. The fourth-order valence-corrected chi connectivity index (χ4v) is 3.48. The summed E-state index contributed by atoms with van der Waals surface area (Å²) < 4.78 is 4.44. The molecule has 1 aromatic carbocycles. The van der Waals surface area contributed by atoms with E-state index in [4.69, 9.17) is 23.2 Å². The lowest BCUT2D eigenvalue weighted by atomic mass is 9.87. The van der Waals surface area contributed by atoms with Gasteiger partial charge in [-0.3, -0.25) is 14.9 Å². The predicted octanol–water partition coefficient (Wildman–Crippen LogP) is 3.66. The second-order valence-electron chi connectivity index (χ2n) is 6.36. The van der Waals surface area contributed by atoms with Crippen LogP contribution in [0.2, 0.25) is 10.0 Å². The number of urea groups is 1. The second kappa shape index (κ2) is 9.78. The van der Waals surface area contributed by atoms with Crippen molar-refractivity contribution in [3.63, 3.8) is 0 Å². The van der Waals surface area contributed by atoms with Gasteiger partial charge in [-0.1, -0.05) is 55.0 Å². The average molecular weight is 401 g/mol. The summed E-state index contributed by atoms with van der Waals surface area (Å²) in [5.74, 6) is -1.12. The van der Waals surface area contributed by atoms with Gasteiger partial charge in [-0.25, -0.2) is 4.79 Å². The molecular weight excluding hydrogens is 379 g/mol. The van der Waals surface area contributed by atoms with Crippen molar-refractivity contribution in [2.45, 2.75) is 38.0 Å². The van der Waals surface area contributed by atoms with Crippen molar-refractivity contribution in [3.05, 3.63) is 33.8 Å². The van der Waals surface area contributed by atoms with Crippen LogP contribution in [0.5, 0.6) is 0 Å². The van der Waals surface area contributed by atoms with E-state index in [1.54, 1.807) is 18.2 Å². The van der Waals surface area contributed by atoms with E-state index in [2.05, 4.69) is 15.4 Å². The summed E-state index contributed by atoms with van der Waals surface area (Å²) in [7, 11) is 1.22. The molecule has 142 valence electrons. The van der Waals surface area contributed by atoms with E-state index < -0.39 is 23.8 Å². The van der Waals surface area contributed by atoms with Gasteiger partial charge < -0.3 is 10.1 Å². The molecule has 0 spiro atoms. The molecule has 2 N–H and O–H groups in total. The van der Waals surface area contributed by atoms with E-state index in [1.165, 1.54) is 7.11 Å². The maximum atomic E-state index is 12.7. The zero-order chi connectivity index (χ0) is 19.1. The first kappa shape index (κ1) is 20.5. The van der Waals surface area contributed by atoms with E-state index in [-0.39, 0.29) is 6.54 Å². The van der Waals surface area contributed by atoms with Crippen LogP contribution >= 0.6 is 23.2 Å². The number of nitrogens with one attached hydrogen (secondary N) is 2. The molecule has 0 aliphatic heterocycles. The summed E-state index contributed by atoms with van der Waals surface area (Å²) in [6, 6.07) is 4.32. The molecule has 1 aliphatic carbocycles. The summed E-state index contributed by atoms with van der Waals surface area (Å²) >= 11 is 12.1. The maximum absolute atomic E-state index is 12.7. The van der Waals surface area contributed by atoms with Gasteiger partial charge in [0, 0.05) is 0 Å². The zero-order valence-corrected chi connectivity index (χ0v) is 16.0. The minimum Gasteiger partial charge on any atom is -0.468 e. The fraction of sp³-hybridized carbons (Fsp3) is 0.500. The summed E-state index contributed by atoms with van der Waals surface area (Å²) in [6.07, 6.45) is 5.08. The third-order valence-electron chi connectivity index (χ3n) is 4.56. The fourth-order valence-electron chi connectivity index (χ4n) is 3.17. The predicted molar refractivity (Wildman–Crippen MR) is 99.3 cm³/mol. The third-order valence-corrected chi connectivity index (χ3v) is 5.30. The molecule has 1 fully saturated rings. The van der Waals surface area contributed by atoms with Crippen molar-refractivity contribution in [1.29, 1.82) is 0 Å². The van der Waals surface area contributed by atoms with Gasteiger partial charge in [0.2, 0.25) is 5.91 Å². The van der Waals surface area contributed by atoms with Crippen LogP contribution in [0.4, 0.5) is 4.79 Å². The SMILES string of the molecule is COC(=O)CNC(=O)NC(=O)[C@H](CC1CCCC1)c1ccc(Cl)c(Cl)c1. The van der Waals surface area contributed by atoms with E-state index in [9.17, 15) is 14.4 Å². The number of methoxy groups -OCH3 is 1. The van der Waals surface area contributed by atoms with Crippen LogP contribution in [-0.2, 0) is 14.3 Å².